The van der Waals surface area contributed by atoms with Gasteiger partial charge in [-0.25, -0.2) is 4.98 Å². The topological polar surface area (TPSA) is 45.2 Å². The average molecular weight is 273 g/mol. The summed E-state index contributed by atoms with van der Waals surface area (Å²) in [5.74, 6) is -0.00828. The van der Waals surface area contributed by atoms with Gasteiger partial charge in [0.15, 0.2) is 5.13 Å². The minimum atomic E-state index is -0.00828. The minimum absolute atomic E-state index is 0.00828. The molecule has 0 aliphatic carbocycles. The van der Waals surface area contributed by atoms with Crippen molar-refractivity contribution in [2.24, 2.45) is 0 Å². The summed E-state index contributed by atoms with van der Waals surface area (Å²) in [6, 6.07) is 8.25. The second kappa shape index (κ2) is 5.01. The maximum absolute atomic E-state index is 12.0. The molecule has 0 saturated heterocycles. The van der Waals surface area contributed by atoms with E-state index in [1.165, 1.54) is 22.6 Å². The third kappa shape index (κ3) is 2.61. The van der Waals surface area contributed by atoms with E-state index < -0.39 is 0 Å². The maximum Gasteiger partial charge on any atom is 0.245 e. The number of carbonyl (C=O) groups is 1. The summed E-state index contributed by atoms with van der Waals surface area (Å²) in [4.78, 5) is 18.4. The fourth-order valence-corrected chi connectivity index (χ4v) is 3.02. The molecule has 1 aliphatic rings. The summed E-state index contributed by atoms with van der Waals surface area (Å²) in [7, 11) is 0. The Morgan fingerprint density at radius 1 is 1.47 bits per heavy atom. The first kappa shape index (κ1) is 12.2. The number of anilines is 2. The Morgan fingerprint density at radius 3 is 3.11 bits per heavy atom. The molecule has 0 bridgehead atoms. The predicted molar refractivity (Wildman–Crippen MR) is 77.8 cm³/mol. The number of para-hydroxylation sites is 1. The largest absolute Gasteiger partial charge is 0.362 e. The van der Waals surface area contributed by atoms with Crippen LogP contribution in [0.5, 0.6) is 0 Å². The lowest BCUT2D eigenvalue weighted by molar-refractivity contribution is -0.115. The van der Waals surface area contributed by atoms with Crippen molar-refractivity contribution in [1.29, 1.82) is 0 Å². The van der Waals surface area contributed by atoms with E-state index in [1.54, 1.807) is 0 Å². The van der Waals surface area contributed by atoms with E-state index in [0.717, 1.165) is 18.7 Å². The standard InChI is InChI=1S/C14H15N3OS/c1-10-9-19-14(15-10)16-13(18)8-17-7-6-11-4-2-3-5-12(11)17/h2-5,9H,6-8H2,1H3,(H,15,16,18). The van der Waals surface area contributed by atoms with Gasteiger partial charge in [-0.1, -0.05) is 18.2 Å². The van der Waals surface area contributed by atoms with Crippen LogP contribution in [0.1, 0.15) is 11.3 Å². The van der Waals surface area contributed by atoms with Gasteiger partial charge < -0.3 is 10.2 Å². The fourth-order valence-electron chi connectivity index (χ4n) is 2.31. The molecule has 0 radical (unpaired) electrons. The van der Waals surface area contributed by atoms with Crippen LogP contribution in [0, 0.1) is 6.92 Å². The zero-order valence-electron chi connectivity index (χ0n) is 10.7. The first-order valence-corrected chi connectivity index (χ1v) is 7.15. The molecule has 2 aromatic rings. The fraction of sp³-hybridized carbons (Fsp3) is 0.286. The lowest BCUT2D eigenvalue weighted by atomic mass is 10.2. The maximum atomic E-state index is 12.0. The Hall–Kier alpha value is -1.88. The zero-order chi connectivity index (χ0) is 13.2. The molecule has 3 rings (SSSR count). The summed E-state index contributed by atoms with van der Waals surface area (Å²) in [6.45, 7) is 3.21. The lowest BCUT2D eigenvalue weighted by Crippen LogP contribution is -2.31. The molecule has 98 valence electrons. The van der Waals surface area contributed by atoms with Crippen LogP contribution in [0.4, 0.5) is 10.8 Å². The second-order valence-corrected chi connectivity index (χ2v) is 5.50. The van der Waals surface area contributed by atoms with Crippen LogP contribution in [0.25, 0.3) is 0 Å². The second-order valence-electron chi connectivity index (χ2n) is 4.64. The molecule has 1 aliphatic heterocycles. The average Bonchev–Trinajstić information content (AvgIpc) is 2.97. The van der Waals surface area contributed by atoms with E-state index in [0.29, 0.717) is 11.7 Å². The summed E-state index contributed by atoms with van der Waals surface area (Å²) in [5, 5.41) is 5.45. The van der Waals surface area contributed by atoms with Crippen molar-refractivity contribution in [2.45, 2.75) is 13.3 Å². The normalized spacial score (nSPS) is 13.4. The zero-order valence-corrected chi connectivity index (χ0v) is 11.5. The number of nitrogens with zero attached hydrogens (tertiary/aromatic N) is 2. The number of rotatable bonds is 3. The molecule has 1 aromatic heterocycles. The van der Waals surface area contributed by atoms with Crippen molar-refractivity contribution in [3.63, 3.8) is 0 Å². The summed E-state index contributed by atoms with van der Waals surface area (Å²) in [5.41, 5.74) is 3.43. The number of fused-ring (bicyclic) bond motifs is 1. The molecule has 0 fully saturated rings. The molecule has 2 heterocycles. The van der Waals surface area contributed by atoms with Crippen LogP contribution in [0.2, 0.25) is 0 Å². The number of aryl methyl sites for hydroxylation is 1. The van der Waals surface area contributed by atoms with Crippen molar-refractivity contribution in [3.05, 3.63) is 40.9 Å². The predicted octanol–water partition coefficient (Wildman–Crippen LogP) is 2.45. The van der Waals surface area contributed by atoms with Crippen molar-refractivity contribution in [1.82, 2.24) is 4.98 Å². The highest BCUT2D eigenvalue weighted by Crippen LogP contribution is 2.27. The molecule has 0 atom stereocenters. The molecule has 1 N–H and O–H groups in total. The Morgan fingerprint density at radius 2 is 2.32 bits per heavy atom. The van der Waals surface area contributed by atoms with Gasteiger partial charge in [-0.2, -0.15) is 0 Å². The summed E-state index contributed by atoms with van der Waals surface area (Å²) in [6.07, 6.45) is 1.01. The SMILES string of the molecule is Cc1csc(NC(=O)CN2CCc3ccccc32)n1. The number of aromatic nitrogens is 1. The van der Waals surface area contributed by atoms with Crippen molar-refractivity contribution >= 4 is 28.1 Å². The molecule has 0 unspecified atom stereocenters. The number of thiazole rings is 1. The van der Waals surface area contributed by atoms with Crippen LogP contribution in [-0.2, 0) is 11.2 Å². The molecular weight excluding hydrogens is 258 g/mol. The van der Waals surface area contributed by atoms with Crippen LogP contribution >= 0.6 is 11.3 Å². The van der Waals surface area contributed by atoms with Crippen molar-refractivity contribution < 1.29 is 4.79 Å². The van der Waals surface area contributed by atoms with Gasteiger partial charge in [-0.15, -0.1) is 11.3 Å². The van der Waals surface area contributed by atoms with Crippen molar-refractivity contribution in [3.8, 4) is 0 Å². The number of carbonyl (C=O) groups excluding carboxylic acids is 1. The third-order valence-corrected chi connectivity index (χ3v) is 4.06. The molecule has 5 heteroatoms. The van der Waals surface area contributed by atoms with E-state index >= 15 is 0 Å². The molecule has 19 heavy (non-hydrogen) atoms. The summed E-state index contributed by atoms with van der Waals surface area (Å²) < 4.78 is 0. The highest BCUT2D eigenvalue weighted by molar-refractivity contribution is 7.13. The smallest absolute Gasteiger partial charge is 0.245 e. The van der Waals surface area contributed by atoms with Gasteiger partial charge in [-0.3, -0.25) is 4.79 Å². The van der Waals surface area contributed by atoms with Gasteiger partial charge in [-0.05, 0) is 25.0 Å². The summed E-state index contributed by atoms with van der Waals surface area (Å²) >= 11 is 1.46. The van der Waals surface area contributed by atoms with Gasteiger partial charge in [0.1, 0.15) is 0 Å². The number of nitrogens with one attached hydrogen (secondary N) is 1. The number of amides is 1. The van der Waals surface area contributed by atoms with E-state index in [1.807, 2.05) is 24.4 Å². The third-order valence-electron chi connectivity index (χ3n) is 3.18. The highest BCUT2D eigenvalue weighted by Gasteiger charge is 2.20. The molecule has 1 amide bonds. The van der Waals surface area contributed by atoms with E-state index in [-0.39, 0.29) is 5.91 Å². The van der Waals surface area contributed by atoms with Crippen molar-refractivity contribution in [2.75, 3.05) is 23.3 Å². The minimum Gasteiger partial charge on any atom is -0.362 e. The highest BCUT2D eigenvalue weighted by atomic mass is 32.1. The molecule has 0 spiro atoms. The van der Waals surface area contributed by atoms with Gasteiger partial charge in [0, 0.05) is 17.6 Å². The first-order chi connectivity index (χ1) is 9.22. The molecule has 1 aromatic carbocycles. The first-order valence-electron chi connectivity index (χ1n) is 6.27. The van der Waals surface area contributed by atoms with Crippen LogP contribution in [-0.4, -0.2) is 24.0 Å². The van der Waals surface area contributed by atoms with Gasteiger partial charge >= 0.3 is 0 Å². The Bertz CT molecular complexity index is 608. The Kier molecular flexibility index (Phi) is 3.21. The van der Waals surface area contributed by atoms with Gasteiger partial charge in [0.2, 0.25) is 5.91 Å². The van der Waals surface area contributed by atoms with E-state index in [9.17, 15) is 4.79 Å². The van der Waals surface area contributed by atoms with E-state index in [2.05, 4.69) is 27.3 Å². The van der Waals surface area contributed by atoms with Crippen LogP contribution in [0.3, 0.4) is 0 Å². The van der Waals surface area contributed by atoms with E-state index in [4.69, 9.17) is 0 Å². The van der Waals surface area contributed by atoms with Crippen LogP contribution in [0.15, 0.2) is 29.6 Å². The van der Waals surface area contributed by atoms with Crippen LogP contribution < -0.4 is 10.2 Å². The Balaban J connectivity index is 1.65. The monoisotopic (exact) mass is 273 g/mol. The Labute approximate surface area is 116 Å². The number of hydrogen-bond acceptors (Lipinski definition) is 4. The quantitative estimate of drug-likeness (QED) is 0.934. The molecular formula is C14H15N3OS. The molecule has 4 nitrogen and oxygen atoms in total. The number of benzene rings is 1. The van der Waals surface area contributed by atoms with Gasteiger partial charge in [0.25, 0.3) is 0 Å². The molecule has 0 saturated carbocycles. The van der Waals surface area contributed by atoms with Gasteiger partial charge in [0.05, 0.1) is 12.2 Å². The lowest BCUT2D eigenvalue weighted by Gasteiger charge is -2.18. The number of hydrogen-bond donors (Lipinski definition) is 1.